The molecular formula is C27H30ClN. The Hall–Kier alpha value is -2.38. The Morgan fingerprint density at radius 2 is 1.21 bits per heavy atom. The summed E-state index contributed by atoms with van der Waals surface area (Å²) < 4.78 is 0. The number of aliphatic imine (C=N–C) groups is 1. The Kier molecular flexibility index (Phi) is 7.28. The van der Waals surface area contributed by atoms with Crippen LogP contribution in [0.2, 0.25) is 0 Å². The number of rotatable bonds is 7. The predicted octanol–water partition coefficient (Wildman–Crippen LogP) is 8.07. The minimum Gasteiger partial charge on any atom is -0.236 e. The second-order valence-electron chi connectivity index (χ2n) is 8.47. The van der Waals surface area contributed by atoms with Gasteiger partial charge < -0.3 is 0 Å². The van der Waals surface area contributed by atoms with Crippen molar-refractivity contribution < 1.29 is 0 Å². The van der Waals surface area contributed by atoms with E-state index in [9.17, 15) is 0 Å². The van der Waals surface area contributed by atoms with Gasteiger partial charge in [-0.15, -0.1) is 0 Å². The van der Waals surface area contributed by atoms with Crippen molar-refractivity contribution in [1.82, 2.24) is 0 Å². The third-order valence-corrected chi connectivity index (χ3v) is 5.16. The molecule has 0 fully saturated rings. The zero-order chi connectivity index (χ0) is 20.8. The molecule has 0 spiro atoms. The molecule has 0 heterocycles. The number of hydrogen-bond donors (Lipinski definition) is 0. The molecule has 0 saturated carbocycles. The summed E-state index contributed by atoms with van der Waals surface area (Å²) in [7, 11) is 0. The summed E-state index contributed by atoms with van der Waals surface area (Å²) in [5.74, 6) is 1.08. The molecule has 0 amide bonds. The highest BCUT2D eigenvalue weighted by Gasteiger charge is 2.15. The van der Waals surface area contributed by atoms with E-state index in [0.717, 1.165) is 24.1 Å². The van der Waals surface area contributed by atoms with E-state index < -0.39 is 0 Å². The van der Waals surface area contributed by atoms with Crippen LogP contribution in [0.3, 0.4) is 0 Å². The van der Waals surface area contributed by atoms with Crippen LogP contribution < -0.4 is 0 Å². The number of halogens is 1. The summed E-state index contributed by atoms with van der Waals surface area (Å²) in [4.78, 5) is 4.95. The SMILES string of the molecule is CC(C)Cc1cc(-c2ccccc2)cc(CC(C)C)c1N=C(Cl)c1ccccc1. The normalized spacial score (nSPS) is 12.0. The van der Waals surface area contributed by atoms with E-state index in [1.807, 2.05) is 30.3 Å². The average Bonchev–Trinajstić information content (AvgIpc) is 2.70. The number of benzene rings is 3. The topological polar surface area (TPSA) is 12.4 Å². The van der Waals surface area contributed by atoms with Crippen molar-refractivity contribution in [3.05, 3.63) is 89.5 Å². The third-order valence-electron chi connectivity index (χ3n) is 4.85. The summed E-state index contributed by atoms with van der Waals surface area (Å²) in [6.07, 6.45) is 1.95. The summed E-state index contributed by atoms with van der Waals surface area (Å²) in [6.45, 7) is 9.01. The highest BCUT2D eigenvalue weighted by Crippen LogP contribution is 2.35. The lowest BCUT2D eigenvalue weighted by atomic mass is 9.90. The molecule has 150 valence electrons. The molecule has 2 heteroatoms. The molecule has 3 aromatic rings. The minimum atomic E-state index is 0.539. The molecule has 0 aliphatic heterocycles. The quantitative estimate of drug-likeness (QED) is 0.353. The van der Waals surface area contributed by atoms with Crippen LogP contribution in [0.1, 0.15) is 44.4 Å². The molecule has 0 saturated heterocycles. The van der Waals surface area contributed by atoms with Crippen LogP contribution in [0.5, 0.6) is 0 Å². The third kappa shape index (κ3) is 5.81. The Labute approximate surface area is 180 Å². The number of nitrogens with zero attached hydrogens (tertiary/aromatic N) is 1. The van der Waals surface area contributed by atoms with Crippen LogP contribution in [0.25, 0.3) is 11.1 Å². The van der Waals surface area contributed by atoms with E-state index in [1.54, 1.807) is 0 Å². The van der Waals surface area contributed by atoms with Gasteiger partial charge >= 0.3 is 0 Å². The molecular weight excluding hydrogens is 374 g/mol. The second kappa shape index (κ2) is 9.89. The van der Waals surface area contributed by atoms with Gasteiger partial charge in [-0.3, -0.25) is 0 Å². The summed E-state index contributed by atoms with van der Waals surface area (Å²) in [6, 6.07) is 25.2. The predicted molar refractivity (Wildman–Crippen MR) is 127 cm³/mol. The van der Waals surface area contributed by atoms with Crippen LogP contribution in [-0.2, 0) is 12.8 Å². The lowest BCUT2D eigenvalue weighted by Crippen LogP contribution is -2.02. The Morgan fingerprint density at radius 1 is 0.724 bits per heavy atom. The average molecular weight is 404 g/mol. The fourth-order valence-electron chi connectivity index (χ4n) is 3.63. The molecule has 0 radical (unpaired) electrons. The molecule has 0 aromatic heterocycles. The van der Waals surface area contributed by atoms with Crippen molar-refractivity contribution in [2.75, 3.05) is 0 Å². The fraction of sp³-hybridized carbons (Fsp3) is 0.296. The van der Waals surface area contributed by atoms with Gasteiger partial charge in [0.1, 0.15) is 5.17 Å². The molecule has 0 aliphatic carbocycles. The van der Waals surface area contributed by atoms with Gasteiger partial charge in [0.15, 0.2) is 0 Å². The van der Waals surface area contributed by atoms with Gasteiger partial charge in [0.2, 0.25) is 0 Å². The summed E-state index contributed by atoms with van der Waals surface area (Å²) in [5.41, 5.74) is 7.03. The Morgan fingerprint density at radius 3 is 1.69 bits per heavy atom. The van der Waals surface area contributed by atoms with Crippen molar-refractivity contribution in [3.63, 3.8) is 0 Å². The zero-order valence-corrected chi connectivity index (χ0v) is 18.6. The molecule has 0 unspecified atom stereocenters. The largest absolute Gasteiger partial charge is 0.236 e. The van der Waals surface area contributed by atoms with Crippen LogP contribution >= 0.6 is 11.6 Å². The van der Waals surface area contributed by atoms with Gasteiger partial charge in [0, 0.05) is 5.56 Å². The smallest absolute Gasteiger partial charge is 0.136 e. The van der Waals surface area contributed by atoms with Gasteiger partial charge in [0.05, 0.1) is 5.69 Å². The maximum absolute atomic E-state index is 6.66. The highest BCUT2D eigenvalue weighted by atomic mass is 35.5. The first-order valence-corrected chi connectivity index (χ1v) is 10.8. The minimum absolute atomic E-state index is 0.539. The van der Waals surface area contributed by atoms with Gasteiger partial charge in [0.25, 0.3) is 0 Å². The van der Waals surface area contributed by atoms with Crippen molar-refractivity contribution in [2.24, 2.45) is 16.8 Å². The molecule has 0 atom stereocenters. The van der Waals surface area contributed by atoms with Gasteiger partial charge in [-0.2, -0.15) is 0 Å². The van der Waals surface area contributed by atoms with Crippen LogP contribution in [-0.4, -0.2) is 5.17 Å². The van der Waals surface area contributed by atoms with E-state index in [4.69, 9.17) is 16.6 Å². The van der Waals surface area contributed by atoms with Gasteiger partial charge in [-0.05, 0) is 59.1 Å². The molecule has 0 bridgehead atoms. The van der Waals surface area contributed by atoms with Crippen molar-refractivity contribution in [3.8, 4) is 11.1 Å². The molecule has 3 rings (SSSR count). The van der Waals surface area contributed by atoms with Crippen molar-refractivity contribution >= 4 is 22.5 Å². The second-order valence-corrected chi connectivity index (χ2v) is 8.83. The van der Waals surface area contributed by atoms with Crippen LogP contribution in [0.15, 0.2) is 77.8 Å². The summed E-state index contributed by atoms with van der Waals surface area (Å²) in [5, 5.41) is 0.549. The van der Waals surface area contributed by atoms with Crippen molar-refractivity contribution in [1.29, 1.82) is 0 Å². The Bertz CT molecular complexity index is 925. The lowest BCUT2D eigenvalue weighted by molar-refractivity contribution is 0.637. The van der Waals surface area contributed by atoms with Crippen LogP contribution in [0.4, 0.5) is 5.69 Å². The van der Waals surface area contributed by atoms with Gasteiger partial charge in [-0.1, -0.05) is 100.0 Å². The first-order valence-electron chi connectivity index (χ1n) is 10.4. The molecule has 29 heavy (non-hydrogen) atoms. The lowest BCUT2D eigenvalue weighted by Gasteiger charge is -2.18. The standard InChI is InChI=1S/C27H30ClN/c1-19(2)15-24-17-23(21-11-7-5-8-12-21)18-25(16-20(3)4)26(24)29-27(28)22-13-9-6-10-14-22/h5-14,17-20H,15-16H2,1-4H3. The first-order chi connectivity index (χ1) is 13.9. The molecule has 3 aromatic carbocycles. The van der Waals surface area contributed by atoms with Crippen LogP contribution in [0, 0.1) is 11.8 Å². The van der Waals surface area contributed by atoms with E-state index in [1.165, 1.54) is 22.3 Å². The highest BCUT2D eigenvalue weighted by molar-refractivity contribution is 6.69. The number of hydrogen-bond acceptors (Lipinski definition) is 1. The van der Waals surface area contributed by atoms with E-state index in [0.29, 0.717) is 17.0 Å². The maximum atomic E-state index is 6.66. The maximum Gasteiger partial charge on any atom is 0.136 e. The van der Waals surface area contributed by atoms with E-state index in [2.05, 4.69) is 70.2 Å². The molecule has 0 aliphatic rings. The Balaban J connectivity index is 2.18. The monoisotopic (exact) mass is 403 g/mol. The van der Waals surface area contributed by atoms with E-state index in [-0.39, 0.29) is 0 Å². The summed E-state index contributed by atoms with van der Waals surface area (Å²) >= 11 is 6.66. The molecule has 0 N–H and O–H groups in total. The van der Waals surface area contributed by atoms with Crippen molar-refractivity contribution in [2.45, 2.75) is 40.5 Å². The first kappa shape index (κ1) is 21.3. The fourth-order valence-corrected chi connectivity index (χ4v) is 3.84. The zero-order valence-electron chi connectivity index (χ0n) is 17.8. The van der Waals surface area contributed by atoms with Gasteiger partial charge in [-0.25, -0.2) is 4.99 Å². The molecule has 1 nitrogen and oxygen atoms in total. The van der Waals surface area contributed by atoms with E-state index >= 15 is 0 Å².